The molecule has 18 heavy (non-hydrogen) atoms. The summed E-state index contributed by atoms with van der Waals surface area (Å²) in [6.07, 6.45) is 7.27. The van der Waals surface area contributed by atoms with Crippen LogP contribution in [0.5, 0.6) is 0 Å². The second-order valence-corrected chi connectivity index (χ2v) is 7.84. The molecule has 2 aliphatic rings. The number of hydrogen-bond donors (Lipinski definition) is 0. The van der Waals surface area contributed by atoms with Crippen LogP contribution in [0.15, 0.2) is 0 Å². The van der Waals surface area contributed by atoms with Gasteiger partial charge in [-0.2, -0.15) is 0 Å². The molecule has 106 valence electrons. The topological polar surface area (TPSA) is 0 Å². The molecule has 6 atom stereocenters. The Kier molecular flexibility index (Phi) is 4.14. The smallest absolute Gasteiger partial charge is 0.0258 e. The van der Waals surface area contributed by atoms with Gasteiger partial charge in [0.2, 0.25) is 0 Å². The molecule has 0 saturated heterocycles. The molecule has 2 fully saturated rings. The van der Waals surface area contributed by atoms with Crippen LogP contribution in [0.2, 0.25) is 0 Å². The van der Waals surface area contributed by atoms with Crippen LogP contribution in [-0.4, -0.2) is 0 Å². The van der Waals surface area contributed by atoms with Crippen LogP contribution in [0.25, 0.3) is 0 Å². The van der Waals surface area contributed by atoms with Gasteiger partial charge in [-0.3, -0.25) is 0 Å². The highest BCUT2D eigenvalue weighted by Crippen LogP contribution is 2.79. The number of rotatable bonds is 7. The lowest BCUT2D eigenvalue weighted by Crippen LogP contribution is -2.29. The fourth-order valence-electron chi connectivity index (χ4n) is 5.15. The summed E-state index contributed by atoms with van der Waals surface area (Å²) in [7, 11) is 0. The van der Waals surface area contributed by atoms with E-state index in [-0.39, 0.29) is 0 Å². The molecule has 0 bridgehead atoms. The monoisotopic (exact) mass is 250 g/mol. The fourth-order valence-corrected chi connectivity index (χ4v) is 5.15. The average molecular weight is 250 g/mol. The first-order valence-electron chi connectivity index (χ1n) is 8.47. The van der Waals surface area contributed by atoms with Crippen LogP contribution in [0.4, 0.5) is 0 Å². The summed E-state index contributed by atoms with van der Waals surface area (Å²) < 4.78 is 0. The third-order valence-corrected chi connectivity index (χ3v) is 6.63. The molecule has 0 spiro atoms. The zero-order valence-corrected chi connectivity index (χ0v) is 13.5. The van der Waals surface area contributed by atoms with E-state index in [0.717, 1.165) is 40.9 Å². The summed E-state index contributed by atoms with van der Waals surface area (Å²) in [5, 5.41) is 0. The molecule has 0 radical (unpaired) electrons. The van der Waals surface area contributed by atoms with Gasteiger partial charge in [0.05, 0.1) is 0 Å². The maximum Gasteiger partial charge on any atom is -0.0258 e. The quantitative estimate of drug-likeness (QED) is 0.538. The lowest BCUT2D eigenvalue weighted by atomic mass is 9.69. The van der Waals surface area contributed by atoms with E-state index >= 15 is 0 Å². The molecule has 0 aromatic heterocycles. The second kappa shape index (κ2) is 5.17. The first kappa shape index (κ1) is 14.4. The standard InChI is InChI=1S/C18H34/c1-7-11-18(6)16-14(8-2)15(17(16)18)10-9-13(5)12(3)4/h12-17H,7-11H2,1-6H3. The van der Waals surface area contributed by atoms with E-state index in [4.69, 9.17) is 0 Å². The van der Waals surface area contributed by atoms with Crippen molar-refractivity contribution in [2.75, 3.05) is 0 Å². The third-order valence-electron chi connectivity index (χ3n) is 6.63. The Morgan fingerprint density at radius 2 is 1.61 bits per heavy atom. The molecule has 0 amide bonds. The van der Waals surface area contributed by atoms with Crippen LogP contribution >= 0.6 is 0 Å². The first-order valence-corrected chi connectivity index (χ1v) is 8.47. The molecule has 2 aliphatic carbocycles. The number of fused-ring (bicyclic) bond motifs is 1. The zero-order valence-electron chi connectivity index (χ0n) is 13.5. The van der Waals surface area contributed by atoms with Gasteiger partial charge in [0.1, 0.15) is 0 Å². The van der Waals surface area contributed by atoms with Crippen molar-refractivity contribution in [3.63, 3.8) is 0 Å². The Morgan fingerprint density at radius 3 is 2.11 bits per heavy atom. The predicted molar refractivity (Wildman–Crippen MR) is 80.5 cm³/mol. The van der Waals surface area contributed by atoms with Gasteiger partial charge in [-0.05, 0) is 53.8 Å². The van der Waals surface area contributed by atoms with Crippen molar-refractivity contribution in [3.8, 4) is 0 Å². The first-order chi connectivity index (χ1) is 8.47. The Bertz CT molecular complexity index is 280. The third kappa shape index (κ3) is 2.14. The van der Waals surface area contributed by atoms with Gasteiger partial charge in [-0.25, -0.2) is 0 Å². The average Bonchev–Trinajstić information content (AvgIpc) is 2.78. The fraction of sp³-hybridized carbons (Fsp3) is 1.00. The Balaban J connectivity index is 1.87. The van der Waals surface area contributed by atoms with Crippen molar-refractivity contribution in [2.45, 2.75) is 73.6 Å². The molecule has 2 rings (SSSR count). The van der Waals surface area contributed by atoms with Gasteiger partial charge in [0, 0.05) is 0 Å². The Hall–Kier alpha value is 0. The molecule has 0 nitrogen and oxygen atoms in total. The summed E-state index contributed by atoms with van der Waals surface area (Å²) >= 11 is 0. The molecule has 2 saturated carbocycles. The summed E-state index contributed by atoms with van der Waals surface area (Å²) in [5.74, 6) is 6.16. The van der Waals surface area contributed by atoms with E-state index in [0.29, 0.717) is 0 Å². The number of hydrogen-bond acceptors (Lipinski definition) is 0. The van der Waals surface area contributed by atoms with Gasteiger partial charge in [-0.15, -0.1) is 0 Å². The van der Waals surface area contributed by atoms with Gasteiger partial charge in [0.25, 0.3) is 0 Å². The summed E-state index contributed by atoms with van der Waals surface area (Å²) in [5.41, 5.74) is 0.751. The highest BCUT2D eigenvalue weighted by atomic mass is 14.8. The van der Waals surface area contributed by atoms with Gasteiger partial charge >= 0.3 is 0 Å². The highest BCUT2D eigenvalue weighted by molar-refractivity contribution is 5.21. The summed E-state index contributed by atoms with van der Waals surface area (Å²) in [6.45, 7) is 14.6. The molecule has 0 aliphatic heterocycles. The predicted octanol–water partition coefficient (Wildman–Crippen LogP) is 5.77. The minimum absolute atomic E-state index is 0.751. The normalized spacial score (nSPS) is 43.5. The van der Waals surface area contributed by atoms with E-state index < -0.39 is 0 Å². The van der Waals surface area contributed by atoms with Crippen LogP contribution < -0.4 is 0 Å². The molecule has 0 heterocycles. The molecule has 6 unspecified atom stereocenters. The Labute approximate surface area is 115 Å². The van der Waals surface area contributed by atoms with Crippen molar-refractivity contribution in [3.05, 3.63) is 0 Å². The van der Waals surface area contributed by atoms with Crippen molar-refractivity contribution in [1.82, 2.24) is 0 Å². The van der Waals surface area contributed by atoms with E-state index in [2.05, 4.69) is 41.5 Å². The van der Waals surface area contributed by atoms with Crippen molar-refractivity contribution < 1.29 is 0 Å². The van der Waals surface area contributed by atoms with Crippen molar-refractivity contribution >= 4 is 0 Å². The van der Waals surface area contributed by atoms with E-state index in [1.54, 1.807) is 0 Å². The molecule has 0 aromatic rings. The minimum atomic E-state index is 0.751. The van der Waals surface area contributed by atoms with Crippen molar-refractivity contribution in [1.29, 1.82) is 0 Å². The van der Waals surface area contributed by atoms with Crippen LogP contribution in [0.3, 0.4) is 0 Å². The molecular formula is C18H34. The molecular weight excluding hydrogens is 216 g/mol. The minimum Gasteiger partial charge on any atom is -0.0654 e. The lowest BCUT2D eigenvalue weighted by Gasteiger charge is -2.36. The molecule has 0 heteroatoms. The lowest BCUT2D eigenvalue weighted by molar-refractivity contribution is 0.126. The van der Waals surface area contributed by atoms with Crippen molar-refractivity contribution in [2.24, 2.45) is 40.9 Å². The second-order valence-electron chi connectivity index (χ2n) is 7.84. The summed E-state index contributed by atoms with van der Waals surface area (Å²) in [6, 6.07) is 0. The molecule has 0 aromatic carbocycles. The zero-order chi connectivity index (χ0) is 13.5. The van der Waals surface area contributed by atoms with Crippen LogP contribution in [0.1, 0.15) is 73.6 Å². The Morgan fingerprint density at radius 1 is 1.00 bits per heavy atom. The molecule has 0 N–H and O–H groups in total. The largest absolute Gasteiger partial charge is 0.0654 e. The maximum absolute atomic E-state index is 2.58. The SMILES string of the molecule is CCCC1(C)C2C(CC)C(CCC(C)C(C)C)C21. The van der Waals surface area contributed by atoms with Crippen LogP contribution in [-0.2, 0) is 0 Å². The van der Waals surface area contributed by atoms with Gasteiger partial charge < -0.3 is 0 Å². The van der Waals surface area contributed by atoms with Crippen LogP contribution in [0, 0.1) is 40.9 Å². The maximum atomic E-state index is 2.58. The van der Waals surface area contributed by atoms with E-state index in [1.807, 2.05) is 0 Å². The van der Waals surface area contributed by atoms with E-state index in [9.17, 15) is 0 Å². The highest BCUT2D eigenvalue weighted by Gasteiger charge is 2.73. The van der Waals surface area contributed by atoms with E-state index in [1.165, 1.54) is 32.1 Å². The van der Waals surface area contributed by atoms with Gasteiger partial charge in [-0.1, -0.05) is 60.8 Å². The summed E-state index contributed by atoms with van der Waals surface area (Å²) in [4.78, 5) is 0. The van der Waals surface area contributed by atoms with Gasteiger partial charge in [0.15, 0.2) is 0 Å².